The topological polar surface area (TPSA) is 43.1 Å². The maximum absolute atomic E-state index is 4.28. The van der Waals surface area contributed by atoms with Crippen LogP contribution >= 0.6 is 0 Å². The molecule has 12 heavy (non-hydrogen) atoms. The molecule has 0 N–H and O–H groups in total. The van der Waals surface area contributed by atoms with E-state index in [4.69, 9.17) is 0 Å². The summed E-state index contributed by atoms with van der Waals surface area (Å²) in [7, 11) is 0. The van der Waals surface area contributed by atoms with Gasteiger partial charge in [0.2, 0.25) is 0 Å². The van der Waals surface area contributed by atoms with Crippen molar-refractivity contribution in [2.45, 2.75) is 19.8 Å². The number of hydrogen-bond acceptors (Lipinski definition) is 3. The predicted molar refractivity (Wildman–Crippen MR) is 44.9 cm³/mol. The van der Waals surface area contributed by atoms with E-state index in [2.05, 4.69) is 29.1 Å². The molecule has 0 aromatic carbocycles. The average Bonchev–Trinajstić information content (AvgIpc) is 2.49. The molecule has 2 aromatic rings. The lowest BCUT2D eigenvalue weighted by Gasteiger charge is -2.02. The summed E-state index contributed by atoms with van der Waals surface area (Å²) in [4.78, 5) is 4.28. The molecule has 0 amide bonds. The summed E-state index contributed by atoms with van der Waals surface area (Å²) in [5.74, 6) is 0.429. The van der Waals surface area contributed by atoms with Gasteiger partial charge in [-0.1, -0.05) is 19.1 Å². The fourth-order valence-electron chi connectivity index (χ4n) is 1.04. The van der Waals surface area contributed by atoms with Crippen molar-refractivity contribution in [2.75, 3.05) is 0 Å². The van der Waals surface area contributed by atoms with Gasteiger partial charge < -0.3 is 0 Å². The van der Waals surface area contributed by atoms with E-state index in [1.54, 1.807) is 16.9 Å². The minimum atomic E-state index is 0.429. The molecular formula is C8H10N4. The summed E-state index contributed by atoms with van der Waals surface area (Å²) >= 11 is 0. The van der Waals surface area contributed by atoms with E-state index in [1.165, 1.54) is 0 Å². The molecule has 0 unspecified atom stereocenters. The second-order valence-corrected chi connectivity index (χ2v) is 3.07. The van der Waals surface area contributed by atoms with Crippen molar-refractivity contribution >= 4 is 5.52 Å². The summed E-state index contributed by atoms with van der Waals surface area (Å²) < 4.78 is 1.74. The molecule has 0 atom stereocenters. The Kier molecular flexibility index (Phi) is 1.53. The van der Waals surface area contributed by atoms with E-state index >= 15 is 0 Å². The molecule has 2 rings (SSSR count). The monoisotopic (exact) mass is 162 g/mol. The van der Waals surface area contributed by atoms with Crippen molar-refractivity contribution in [3.05, 3.63) is 24.3 Å². The second-order valence-electron chi connectivity index (χ2n) is 3.07. The number of nitrogens with zero attached hydrogens (tertiary/aromatic N) is 4. The van der Waals surface area contributed by atoms with Gasteiger partial charge in [-0.2, -0.15) is 0 Å². The summed E-state index contributed by atoms with van der Waals surface area (Å²) in [6.45, 7) is 4.20. The van der Waals surface area contributed by atoms with E-state index in [0.717, 1.165) is 11.2 Å². The third kappa shape index (κ3) is 1.05. The van der Waals surface area contributed by atoms with Gasteiger partial charge in [-0.3, -0.25) is 4.98 Å². The highest BCUT2D eigenvalue weighted by atomic mass is 15.4. The SMILES string of the molecule is CC(C)c1cn2nncc2cn1. The molecule has 2 heterocycles. The van der Waals surface area contributed by atoms with Gasteiger partial charge in [-0.15, -0.1) is 5.10 Å². The Labute approximate surface area is 70.2 Å². The van der Waals surface area contributed by atoms with Crippen LogP contribution in [0.1, 0.15) is 25.5 Å². The summed E-state index contributed by atoms with van der Waals surface area (Å²) in [6.07, 6.45) is 5.39. The lowest BCUT2D eigenvalue weighted by Crippen LogP contribution is -1.96. The van der Waals surface area contributed by atoms with Crippen LogP contribution in [0.2, 0.25) is 0 Å². The molecule has 0 aliphatic carbocycles. The maximum atomic E-state index is 4.28. The van der Waals surface area contributed by atoms with Crippen LogP contribution in [-0.2, 0) is 0 Å². The zero-order valence-corrected chi connectivity index (χ0v) is 7.10. The second kappa shape index (κ2) is 2.55. The summed E-state index contributed by atoms with van der Waals surface area (Å²) in [6, 6.07) is 0. The standard InChI is InChI=1S/C8H10N4/c1-6(2)8-5-12-7(3-9-8)4-10-11-12/h3-6H,1-2H3. The number of fused-ring (bicyclic) bond motifs is 1. The minimum absolute atomic E-state index is 0.429. The average molecular weight is 162 g/mol. The van der Waals surface area contributed by atoms with Crippen LogP contribution in [0.25, 0.3) is 5.52 Å². The Balaban J connectivity index is 2.60. The highest BCUT2D eigenvalue weighted by Gasteiger charge is 2.02. The van der Waals surface area contributed by atoms with E-state index in [9.17, 15) is 0 Å². The van der Waals surface area contributed by atoms with E-state index < -0.39 is 0 Å². The van der Waals surface area contributed by atoms with Crippen LogP contribution in [0.4, 0.5) is 0 Å². The fraction of sp³-hybridized carbons (Fsp3) is 0.375. The van der Waals surface area contributed by atoms with Crippen molar-refractivity contribution in [1.29, 1.82) is 0 Å². The molecule has 0 bridgehead atoms. The van der Waals surface area contributed by atoms with Gasteiger partial charge in [-0.25, -0.2) is 4.52 Å². The largest absolute Gasteiger partial charge is 0.257 e. The van der Waals surface area contributed by atoms with Crippen LogP contribution < -0.4 is 0 Å². The highest BCUT2D eigenvalue weighted by Crippen LogP contribution is 2.10. The van der Waals surface area contributed by atoms with Crippen LogP contribution in [0.15, 0.2) is 18.6 Å². The smallest absolute Gasteiger partial charge is 0.105 e. The lowest BCUT2D eigenvalue weighted by atomic mass is 10.1. The van der Waals surface area contributed by atoms with Crippen LogP contribution in [0.3, 0.4) is 0 Å². The molecule has 0 spiro atoms. The fourth-order valence-corrected chi connectivity index (χ4v) is 1.04. The number of aromatic nitrogens is 4. The van der Waals surface area contributed by atoms with Crippen molar-refractivity contribution < 1.29 is 0 Å². The lowest BCUT2D eigenvalue weighted by molar-refractivity contribution is 0.775. The van der Waals surface area contributed by atoms with Gasteiger partial charge in [0.15, 0.2) is 0 Å². The zero-order chi connectivity index (χ0) is 8.55. The van der Waals surface area contributed by atoms with Crippen molar-refractivity contribution in [1.82, 2.24) is 19.8 Å². The van der Waals surface area contributed by atoms with Gasteiger partial charge in [0.25, 0.3) is 0 Å². The van der Waals surface area contributed by atoms with Crippen LogP contribution in [0, 0.1) is 0 Å². The normalized spacial score (nSPS) is 11.2. The Morgan fingerprint density at radius 2 is 2.17 bits per heavy atom. The van der Waals surface area contributed by atoms with E-state index in [-0.39, 0.29) is 0 Å². The highest BCUT2D eigenvalue weighted by molar-refractivity contribution is 5.40. The van der Waals surface area contributed by atoms with E-state index in [0.29, 0.717) is 5.92 Å². The Morgan fingerprint density at radius 3 is 2.92 bits per heavy atom. The molecule has 0 aliphatic heterocycles. The molecule has 0 radical (unpaired) electrons. The molecular weight excluding hydrogens is 152 g/mol. The molecule has 0 fully saturated rings. The van der Waals surface area contributed by atoms with Crippen molar-refractivity contribution in [3.63, 3.8) is 0 Å². The van der Waals surface area contributed by atoms with Gasteiger partial charge in [0.1, 0.15) is 5.52 Å². The number of hydrogen-bond donors (Lipinski definition) is 0. The predicted octanol–water partition coefficient (Wildman–Crippen LogP) is 1.25. The Bertz CT molecular complexity index is 391. The maximum Gasteiger partial charge on any atom is 0.105 e. The van der Waals surface area contributed by atoms with Gasteiger partial charge in [0, 0.05) is 0 Å². The third-order valence-electron chi connectivity index (χ3n) is 1.79. The molecule has 2 aromatic heterocycles. The first-order valence-corrected chi connectivity index (χ1v) is 3.93. The van der Waals surface area contributed by atoms with Gasteiger partial charge >= 0.3 is 0 Å². The Hall–Kier alpha value is -1.45. The first kappa shape index (κ1) is 7.21. The quantitative estimate of drug-likeness (QED) is 0.633. The Morgan fingerprint density at radius 1 is 1.33 bits per heavy atom. The molecule has 4 heteroatoms. The molecule has 0 saturated heterocycles. The third-order valence-corrected chi connectivity index (χ3v) is 1.79. The van der Waals surface area contributed by atoms with Gasteiger partial charge in [-0.05, 0) is 5.92 Å². The minimum Gasteiger partial charge on any atom is -0.257 e. The number of rotatable bonds is 1. The van der Waals surface area contributed by atoms with Crippen LogP contribution in [-0.4, -0.2) is 19.8 Å². The first-order valence-electron chi connectivity index (χ1n) is 3.93. The molecule has 62 valence electrons. The molecule has 0 saturated carbocycles. The summed E-state index contributed by atoms with van der Waals surface area (Å²) in [5, 5.41) is 7.66. The summed E-state index contributed by atoms with van der Waals surface area (Å²) in [5.41, 5.74) is 1.97. The van der Waals surface area contributed by atoms with E-state index in [1.807, 2.05) is 6.20 Å². The van der Waals surface area contributed by atoms with Crippen LogP contribution in [0.5, 0.6) is 0 Å². The van der Waals surface area contributed by atoms with Crippen molar-refractivity contribution in [2.24, 2.45) is 0 Å². The van der Waals surface area contributed by atoms with Gasteiger partial charge in [0.05, 0.1) is 24.3 Å². The first-order chi connectivity index (χ1) is 5.77. The molecule has 4 nitrogen and oxygen atoms in total. The molecule has 0 aliphatic rings. The van der Waals surface area contributed by atoms with Crippen molar-refractivity contribution in [3.8, 4) is 0 Å². The zero-order valence-electron chi connectivity index (χ0n) is 7.10.